The lowest BCUT2D eigenvalue weighted by Crippen LogP contribution is -2.23. The summed E-state index contributed by atoms with van der Waals surface area (Å²) in [5.41, 5.74) is 0.161. The van der Waals surface area contributed by atoms with E-state index >= 15 is 0 Å². The maximum Gasteiger partial charge on any atom is 0.255 e. The Balaban J connectivity index is 2.14. The van der Waals surface area contributed by atoms with Crippen molar-refractivity contribution < 1.29 is 22.7 Å². The lowest BCUT2D eigenvalue weighted by Gasteiger charge is -2.09. The Morgan fingerprint density at radius 1 is 1.33 bits per heavy atom. The van der Waals surface area contributed by atoms with Gasteiger partial charge in [-0.05, 0) is 30.3 Å². The molecule has 1 aromatic carbocycles. The molecule has 0 aliphatic carbocycles. The number of sulfonamides is 1. The fourth-order valence-corrected chi connectivity index (χ4v) is 2.23. The summed E-state index contributed by atoms with van der Waals surface area (Å²) in [5, 5.41) is 12.3. The molecule has 0 saturated heterocycles. The van der Waals surface area contributed by atoms with Crippen molar-refractivity contribution in [1.29, 1.82) is 0 Å². The van der Waals surface area contributed by atoms with Crippen molar-refractivity contribution in [2.75, 3.05) is 11.0 Å². The zero-order valence-electron chi connectivity index (χ0n) is 11.2. The molecule has 0 aliphatic rings. The lowest BCUT2D eigenvalue weighted by atomic mass is 10.1. The Morgan fingerprint density at radius 2 is 2.10 bits per heavy atom. The van der Waals surface area contributed by atoms with Crippen LogP contribution >= 0.6 is 0 Å². The average molecular weight is 310 g/mol. The SMILES string of the molecule is CS(=O)(=O)Nc1ccc(O)c(C(=O)NCc2ccco2)c1. The molecule has 0 unspecified atom stereocenters. The van der Waals surface area contributed by atoms with Crippen LogP contribution in [0.4, 0.5) is 5.69 Å². The largest absolute Gasteiger partial charge is 0.507 e. The summed E-state index contributed by atoms with van der Waals surface area (Å²) in [5.74, 6) is -0.222. The molecule has 112 valence electrons. The minimum absolute atomic E-state index is 0.0322. The number of phenolic OH excluding ortho intramolecular Hbond substituents is 1. The number of phenols is 1. The molecular formula is C13H14N2O5S. The number of benzene rings is 1. The second kappa shape index (κ2) is 5.88. The number of amides is 1. The van der Waals surface area contributed by atoms with E-state index < -0.39 is 15.9 Å². The highest BCUT2D eigenvalue weighted by molar-refractivity contribution is 7.92. The Kier molecular flexibility index (Phi) is 4.18. The molecule has 0 bridgehead atoms. The Morgan fingerprint density at radius 3 is 2.71 bits per heavy atom. The second-order valence-electron chi connectivity index (χ2n) is 4.37. The average Bonchev–Trinajstić information content (AvgIpc) is 2.90. The number of rotatable bonds is 5. The molecule has 1 amide bonds. The highest BCUT2D eigenvalue weighted by Crippen LogP contribution is 2.22. The summed E-state index contributed by atoms with van der Waals surface area (Å²) < 4.78 is 29.6. The first kappa shape index (κ1) is 14.9. The summed E-state index contributed by atoms with van der Waals surface area (Å²) in [4.78, 5) is 12.0. The molecule has 1 heterocycles. The number of furan rings is 1. The summed E-state index contributed by atoms with van der Waals surface area (Å²) >= 11 is 0. The second-order valence-corrected chi connectivity index (χ2v) is 6.12. The van der Waals surface area contributed by atoms with Gasteiger partial charge in [0.1, 0.15) is 11.5 Å². The molecule has 2 rings (SSSR count). The van der Waals surface area contributed by atoms with Gasteiger partial charge < -0.3 is 14.8 Å². The van der Waals surface area contributed by atoms with Gasteiger partial charge >= 0.3 is 0 Å². The van der Waals surface area contributed by atoms with E-state index in [1.165, 1.54) is 24.5 Å². The molecule has 21 heavy (non-hydrogen) atoms. The topological polar surface area (TPSA) is 109 Å². The van der Waals surface area contributed by atoms with Gasteiger partial charge in [-0.15, -0.1) is 0 Å². The maximum absolute atomic E-state index is 12.0. The van der Waals surface area contributed by atoms with Crippen molar-refractivity contribution in [2.24, 2.45) is 0 Å². The van der Waals surface area contributed by atoms with E-state index in [0.29, 0.717) is 5.76 Å². The van der Waals surface area contributed by atoms with E-state index in [9.17, 15) is 18.3 Å². The van der Waals surface area contributed by atoms with Crippen molar-refractivity contribution in [3.05, 3.63) is 47.9 Å². The first-order chi connectivity index (χ1) is 9.85. The first-order valence-electron chi connectivity index (χ1n) is 5.96. The zero-order valence-corrected chi connectivity index (χ0v) is 12.0. The molecule has 0 aliphatic heterocycles. The highest BCUT2D eigenvalue weighted by atomic mass is 32.2. The van der Waals surface area contributed by atoms with Crippen LogP contribution in [0.1, 0.15) is 16.1 Å². The number of aromatic hydroxyl groups is 1. The van der Waals surface area contributed by atoms with Gasteiger partial charge in [-0.2, -0.15) is 0 Å². The molecule has 0 spiro atoms. The zero-order chi connectivity index (χ0) is 15.5. The van der Waals surface area contributed by atoms with Gasteiger partial charge in [-0.3, -0.25) is 9.52 Å². The van der Waals surface area contributed by atoms with Crippen LogP contribution in [0.15, 0.2) is 41.0 Å². The number of hydrogen-bond donors (Lipinski definition) is 3. The normalized spacial score (nSPS) is 11.1. The van der Waals surface area contributed by atoms with Gasteiger partial charge in [0, 0.05) is 5.69 Å². The van der Waals surface area contributed by atoms with Gasteiger partial charge in [0.25, 0.3) is 5.91 Å². The van der Waals surface area contributed by atoms with Crippen molar-refractivity contribution >= 4 is 21.6 Å². The molecule has 0 saturated carbocycles. The molecule has 2 aromatic rings. The van der Waals surface area contributed by atoms with Crippen molar-refractivity contribution in [3.63, 3.8) is 0 Å². The van der Waals surface area contributed by atoms with E-state index in [2.05, 4.69) is 10.0 Å². The number of nitrogens with one attached hydrogen (secondary N) is 2. The van der Waals surface area contributed by atoms with E-state index in [-0.39, 0.29) is 23.5 Å². The lowest BCUT2D eigenvalue weighted by molar-refractivity contribution is 0.0945. The summed E-state index contributed by atoms with van der Waals surface area (Å²) in [7, 11) is -3.46. The fraction of sp³-hybridized carbons (Fsp3) is 0.154. The monoisotopic (exact) mass is 310 g/mol. The summed E-state index contributed by atoms with van der Waals surface area (Å²) in [6.45, 7) is 0.162. The minimum atomic E-state index is -3.46. The summed E-state index contributed by atoms with van der Waals surface area (Å²) in [6.07, 6.45) is 2.48. The quantitative estimate of drug-likeness (QED) is 0.721. The number of carbonyl (C=O) groups excluding carboxylic acids is 1. The smallest absolute Gasteiger partial charge is 0.255 e. The maximum atomic E-state index is 12.0. The van der Waals surface area contributed by atoms with Gasteiger partial charge in [0.05, 0.1) is 24.6 Å². The number of hydrogen-bond acceptors (Lipinski definition) is 5. The van der Waals surface area contributed by atoms with Crippen LogP contribution < -0.4 is 10.0 Å². The Bertz CT molecular complexity index is 738. The molecule has 8 heteroatoms. The number of anilines is 1. The van der Waals surface area contributed by atoms with Gasteiger partial charge in [0.15, 0.2) is 0 Å². The molecule has 0 radical (unpaired) electrons. The van der Waals surface area contributed by atoms with Crippen LogP contribution in [0.3, 0.4) is 0 Å². The number of carbonyl (C=O) groups is 1. The van der Waals surface area contributed by atoms with Crippen molar-refractivity contribution in [2.45, 2.75) is 6.54 Å². The van der Waals surface area contributed by atoms with E-state index in [0.717, 1.165) is 6.26 Å². The molecule has 0 atom stereocenters. The van der Waals surface area contributed by atoms with Crippen LogP contribution in [0.2, 0.25) is 0 Å². The predicted octanol–water partition coefficient (Wildman–Crippen LogP) is 1.29. The molecule has 7 nitrogen and oxygen atoms in total. The van der Waals surface area contributed by atoms with Gasteiger partial charge in [-0.25, -0.2) is 8.42 Å². The molecular weight excluding hydrogens is 296 g/mol. The van der Waals surface area contributed by atoms with Crippen LogP contribution in [-0.2, 0) is 16.6 Å². The van der Waals surface area contributed by atoms with Crippen LogP contribution in [0.5, 0.6) is 5.75 Å². The van der Waals surface area contributed by atoms with E-state index in [1.807, 2.05) is 0 Å². The van der Waals surface area contributed by atoms with Gasteiger partial charge in [0.2, 0.25) is 10.0 Å². The van der Waals surface area contributed by atoms with Crippen LogP contribution in [0.25, 0.3) is 0 Å². The third kappa shape index (κ3) is 4.25. The first-order valence-corrected chi connectivity index (χ1v) is 7.86. The van der Waals surface area contributed by atoms with Crippen LogP contribution in [0, 0.1) is 0 Å². The standard InChI is InChI=1S/C13H14N2O5S/c1-21(18,19)15-9-4-5-12(16)11(7-9)13(17)14-8-10-3-2-6-20-10/h2-7,15-16H,8H2,1H3,(H,14,17). The third-order valence-electron chi connectivity index (χ3n) is 2.55. The highest BCUT2D eigenvalue weighted by Gasteiger charge is 2.13. The fourth-order valence-electron chi connectivity index (χ4n) is 1.67. The molecule has 0 fully saturated rings. The van der Waals surface area contributed by atoms with Crippen molar-refractivity contribution in [3.8, 4) is 5.75 Å². The molecule has 1 aromatic heterocycles. The van der Waals surface area contributed by atoms with Gasteiger partial charge in [-0.1, -0.05) is 0 Å². The predicted molar refractivity (Wildman–Crippen MR) is 76.5 cm³/mol. The van der Waals surface area contributed by atoms with E-state index in [1.54, 1.807) is 12.1 Å². The third-order valence-corrected chi connectivity index (χ3v) is 3.15. The minimum Gasteiger partial charge on any atom is -0.507 e. The molecule has 3 N–H and O–H groups in total. The summed E-state index contributed by atoms with van der Waals surface area (Å²) in [6, 6.07) is 7.25. The Hall–Kier alpha value is -2.48. The van der Waals surface area contributed by atoms with Crippen molar-refractivity contribution in [1.82, 2.24) is 5.32 Å². The van der Waals surface area contributed by atoms with E-state index in [4.69, 9.17) is 4.42 Å². The van der Waals surface area contributed by atoms with Crippen LogP contribution in [-0.4, -0.2) is 25.7 Å². The Labute approximate surface area is 121 Å².